The molecule has 1 saturated heterocycles. The zero-order chi connectivity index (χ0) is 13.1. The van der Waals surface area contributed by atoms with Crippen LogP contribution < -0.4 is 5.48 Å². The van der Waals surface area contributed by atoms with E-state index in [2.05, 4.69) is 5.48 Å². The molecule has 1 aliphatic heterocycles. The lowest BCUT2D eigenvalue weighted by Crippen LogP contribution is -2.59. The minimum absolute atomic E-state index is 0.343. The van der Waals surface area contributed by atoms with E-state index in [1.54, 1.807) is 6.92 Å². The van der Waals surface area contributed by atoms with Crippen LogP contribution in [-0.2, 0) is 14.4 Å². The van der Waals surface area contributed by atoms with Crippen LogP contribution >= 0.6 is 0 Å². The highest BCUT2D eigenvalue weighted by Gasteiger charge is 2.45. The third kappa shape index (κ3) is 3.40. The van der Waals surface area contributed by atoms with Gasteiger partial charge in [0.2, 0.25) is 0 Å². The first-order chi connectivity index (χ1) is 7.77. The Kier molecular flexibility index (Phi) is 4.52. The Labute approximate surface area is 102 Å². The quantitative estimate of drug-likeness (QED) is 0.741. The van der Waals surface area contributed by atoms with Gasteiger partial charge in [-0.2, -0.15) is 5.48 Å². The zero-order valence-electron chi connectivity index (χ0n) is 11.1. The van der Waals surface area contributed by atoms with Crippen molar-refractivity contribution in [2.45, 2.75) is 58.8 Å². The Hall–Kier alpha value is -0.650. The van der Waals surface area contributed by atoms with E-state index < -0.39 is 16.9 Å². The summed E-state index contributed by atoms with van der Waals surface area (Å²) < 4.78 is 5.39. The first-order valence-corrected chi connectivity index (χ1v) is 6.05. The third-order valence-corrected chi connectivity index (χ3v) is 3.46. The van der Waals surface area contributed by atoms with Crippen molar-refractivity contribution < 1.29 is 19.5 Å². The first-order valence-electron chi connectivity index (χ1n) is 6.05. The minimum Gasteiger partial charge on any atom is -0.480 e. The molecule has 1 aliphatic rings. The summed E-state index contributed by atoms with van der Waals surface area (Å²) in [6, 6.07) is 0. The topological polar surface area (TPSA) is 67.8 Å². The lowest BCUT2D eigenvalue weighted by molar-refractivity contribution is -0.224. The van der Waals surface area contributed by atoms with Gasteiger partial charge in [-0.15, -0.1) is 0 Å². The number of carbonyl (C=O) groups is 1. The van der Waals surface area contributed by atoms with Crippen LogP contribution in [0.3, 0.4) is 0 Å². The molecule has 0 spiro atoms. The maximum Gasteiger partial charge on any atom is 0.326 e. The van der Waals surface area contributed by atoms with Crippen LogP contribution in [0.5, 0.6) is 0 Å². The molecule has 1 rings (SSSR count). The van der Waals surface area contributed by atoms with Gasteiger partial charge >= 0.3 is 5.97 Å². The molecule has 2 N–H and O–H groups in total. The third-order valence-electron chi connectivity index (χ3n) is 3.46. The summed E-state index contributed by atoms with van der Waals surface area (Å²) in [6.07, 6.45) is 2.54. The summed E-state index contributed by atoms with van der Waals surface area (Å²) in [5, 5.41) is 9.31. The van der Waals surface area contributed by atoms with Crippen molar-refractivity contribution in [1.29, 1.82) is 0 Å². The smallest absolute Gasteiger partial charge is 0.326 e. The fourth-order valence-electron chi connectivity index (χ4n) is 1.51. The fourth-order valence-corrected chi connectivity index (χ4v) is 1.51. The van der Waals surface area contributed by atoms with E-state index >= 15 is 0 Å². The normalized spacial score (nSPS) is 25.3. The largest absolute Gasteiger partial charge is 0.480 e. The molecule has 17 heavy (non-hydrogen) atoms. The molecule has 0 radical (unpaired) electrons. The van der Waals surface area contributed by atoms with Crippen LogP contribution in [-0.4, -0.2) is 29.5 Å². The van der Waals surface area contributed by atoms with E-state index in [0.29, 0.717) is 6.61 Å². The Balaban J connectivity index is 2.58. The van der Waals surface area contributed by atoms with Gasteiger partial charge in [0.05, 0.1) is 0 Å². The number of aliphatic carboxylic acids is 1. The van der Waals surface area contributed by atoms with Crippen molar-refractivity contribution in [2.24, 2.45) is 5.41 Å². The summed E-state index contributed by atoms with van der Waals surface area (Å²) >= 11 is 0. The maximum atomic E-state index is 11.4. The van der Waals surface area contributed by atoms with Crippen LogP contribution in [0.25, 0.3) is 0 Å². The molecule has 0 aromatic heterocycles. The molecule has 5 heteroatoms. The molecular formula is C12H23NO4. The van der Waals surface area contributed by atoms with Gasteiger partial charge in [0.25, 0.3) is 0 Å². The van der Waals surface area contributed by atoms with E-state index in [9.17, 15) is 9.90 Å². The number of hydrogen-bond donors (Lipinski definition) is 2. The Morgan fingerprint density at radius 2 is 2.00 bits per heavy atom. The number of nitrogens with one attached hydrogen (secondary N) is 1. The van der Waals surface area contributed by atoms with Gasteiger partial charge in [-0.1, -0.05) is 20.8 Å². The van der Waals surface area contributed by atoms with Crippen molar-refractivity contribution in [1.82, 2.24) is 5.48 Å². The van der Waals surface area contributed by atoms with Gasteiger partial charge < -0.3 is 9.84 Å². The van der Waals surface area contributed by atoms with Crippen LogP contribution in [0.4, 0.5) is 0 Å². The molecule has 0 amide bonds. The standard InChI is InChI=1S/C12H23NO4/c1-11(2,3)12(4,10(14)15)13-17-9-7-5-6-8-16-9/h9,13H,5-8H2,1-4H3,(H,14,15). The molecule has 1 fully saturated rings. The van der Waals surface area contributed by atoms with Gasteiger partial charge in [0, 0.05) is 13.0 Å². The molecule has 100 valence electrons. The summed E-state index contributed by atoms with van der Waals surface area (Å²) in [5.74, 6) is -0.930. The molecule has 5 nitrogen and oxygen atoms in total. The van der Waals surface area contributed by atoms with E-state index in [1.165, 1.54) is 0 Å². The van der Waals surface area contributed by atoms with Crippen molar-refractivity contribution in [3.8, 4) is 0 Å². The molecule has 0 bridgehead atoms. The average Bonchev–Trinajstić information content (AvgIpc) is 2.25. The van der Waals surface area contributed by atoms with E-state index in [1.807, 2.05) is 20.8 Å². The van der Waals surface area contributed by atoms with Gasteiger partial charge in [0.15, 0.2) is 6.29 Å². The molecule has 0 saturated carbocycles. The van der Waals surface area contributed by atoms with E-state index in [-0.39, 0.29) is 6.29 Å². The van der Waals surface area contributed by atoms with E-state index in [4.69, 9.17) is 9.57 Å². The summed E-state index contributed by atoms with van der Waals surface area (Å²) in [4.78, 5) is 16.7. The van der Waals surface area contributed by atoms with Crippen molar-refractivity contribution in [3.05, 3.63) is 0 Å². The number of hydroxylamine groups is 1. The predicted octanol–water partition coefficient (Wildman–Crippen LogP) is 1.92. The summed E-state index contributed by atoms with van der Waals surface area (Å²) in [5.41, 5.74) is 1.07. The van der Waals surface area contributed by atoms with Gasteiger partial charge in [-0.3, -0.25) is 9.63 Å². The monoisotopic (exact) mass is 245 g/mol. The SMILES string of the molecule is CC(C)(C)C(C)(NOC1CCCCO1)C(=O)O. The molecule has 0 aromatic carbocycles. The predicted molar refractivity (Wildman–Crippen MR) is 63.3 cm³/mol. The van der Waals surface area contributed by atoms with Crippen LogP contribution in [0, 0.1) is 5.41 Å². The molecule has 2 unspecified atom stereocenters. The molecule has 0 aromatic rings. The highest BCUT2D eigenvalue weighted by Crippen LogP contribution is 2.30. The Bertz CT molecular complexity index is 268. The van der Waals surface area contributed by atoms with Crippen LogP contribution in [0.15, 0.2) is 0 Å². The van der Waals surface area contributed by atoms with Crippen molar-refractivity contribution in [3.63, 3.8) is 0 Å². The number of ether oxygens (including phenoxy) is 1. The second-order valence-electron chi connectivity index (χ2n) is 5.70. The molecule has 2 atom stereocenters. The Morgan fingerprint density at radius 1 is 1.35 bits per heavy atom. The van der Waals surface area contributed by atoms with Crippen molar-refractivity contribution >= 4 is 5.97 Å². The van der Waals surface area contributed by atoms with Gasteiger partial charge in [-0.25, -0.2) is 0 Å². The first kappa shape index (κ1) is 14.4. The molecular weight excluding hydrogens is 222 g/mol. The summed E-state index contributed by atoms with van der Waals surface area (Å²) in [7, 11) is 0. The number of carboxylic acid groups (broad SMARTS) is 1. The van der Waals surface area contributed by atoms with Crippen LogP contribution in [0.2, 0.25) is 0 Å². The molecule has 0 aliphatic carbocycles. The van der Waals surface area contributed by atoms with Gasteiger partial charge in [-0.05, 0) is 25.2 Å². The second kappa shape index (κ2) is 5.33. The lowest BCUT2D eigenvalue weighted by Gasteiger charge is -2.39. The van der Waals surface area contributed by atoms with Crippen molar-refractivity contribution in [2.75, 3.05) is 6.61 Å². The maximum absolute atomic E-state index is 11.4. The number of rotatable bonds is 4. The second-order valence-corrected chi connectivity index (χ2v) is 5.70. The van der Waals surface area contributed by atoms with E-state index in [0.717, 1.165) is 19.3 Å². The number of hydrogen-bond acceptors (Lipinski definition) is 4. The Morgan fingerprint density at radius 3 is 2.41 bits per heavy atom. The van der Waals surface area contributed by atoms with Gasteiger partial charge in [0.1, 0.15) is 5.54 Å². The zero-order valence-corrected chi connectivity index (χ0v) is 11.1. The highest BCUT2D eigenvalue weighted by atomic mass is 16.8. The lowest BCUT2D eigenvalue weighted by atomic mass is 9.75. The fraction of sp³-hybridized carbons (Fsp3) is 0.917. The minimum atomic E-state index is -1.15. The summed E-state index contributed by atoms with van der Waals surface area (Å²) in [6.45, 7) is 7.88. The molecule has 1 heterocycles. The average molecular weight is 245 g/mol. The highest BCUT2D eigenvalue weighted by molar-refractivity contribution is 5.79. The number of carboxylic acids is 1. The van der Waals surface area contributed by atoms with Crippen LogP contribution in [0.1, 0.15) is 47.0 Å².